The second-order valence-corrected chi connectivity index (χ2v) is 7.27. The smallest absolute Gasteiger partial charge is 0.257 e. The van der Waals surface area contributed by atoms with Crippen LogP contribution in [0.1, 0.15) is 56.3 Å². The minimum Gasteiger partial charge on any atom is -0.494 e. The predicted molar refractivity (Wildman–Crippen MR) is 125 cm³/mol. The van der Waals surface area contributed by atoms with Crippen LogP contribution in [0.15, 0.2) is 48.5 Å². The van der Waals surface area contributed by atoms with Crippen molar-refractivity contribution in [2.24, 2.45) is 0 Å². The largest absolute Gasteiger partial charge is 0.494 e. The maximum absolute atomic E-state index is 12.4. The fraction of sp³-hybridized carbons (Fsp3) is 0.348. The number of benzene rings is 2. The molecule has 0 spiro atoms. The summed E-state index contributed by atoms with van der Waals surface area (Å²) < 4.78 is 5.65. The number of anilines is 2. The number of ether oxygens (including phenoxy) is 1. The van der Waals surface area contributed by atoms with Crippen molar-refractivity contribution in [2.75, 3.05) is 17.2 Å². The molecule has 2 rings (SSSR count). The summed E-state index contributed by atoms with van der Waals surface area (Å²) in [5.74, 6) is 0.432. The second kappa shape index (κ2) is 12.6. The summed E-state index contributed by atoms with van der Waals surface area (Å²) in [4.78, 5) is 24.0. The van der Waals surface area contributed by atoms with Crippen molar-refractivity contribution in [3.63, 3.8) is 0 Å². The molecule has 0 saturated carbocycles. The van der Waals surface area contributed by atoms with Gasteiger partial charge in [-0.15, -0.1) is 0 Å². The number of carbonyl (C=O) groups excluding carboxylic acids is 2. The van der Waals surface area contributed by atoms with Gasteiger partial charge in [-0.05, 0) is 73.6 Å². The van der Waals surface area contributed by atoms with E-state index in [9.17, 15) is 9.59 Å². The third-order valence-electron chi connectivity index (χ3n) is 4.26. The number of amides is 2. The number of carbonyl (C=O) groups is 2. The SMILES string of the molecule is CCCCCOc1ccc(C(=O)NC(=S)Nc2ccc(NC(=O)CCC)cc2)cc1. The van der Waals surface area contributed by atoms with Gasteiger partial charge < -0.3 is 15.4 Å². The summed E-state index contributed by atoms with van der Waals surface area (Å²) in [6, 6.07) is 14.1. The van der Waals surface area contributed by atoms with Gasteiger partial charge in [0.15, 0.2) is 5.11 Å². The Morgan fingerprint density at radius 2 is 1.50 bits per heavy atom. The Morgan fingerprint density at radius 1 is 0.867 bits per heavy atom. The lowest BCUT2D eigenvalue weighted by Gasteiger charge is -2.11. The van der Waals surface area contributed by atoms with Crippen LogP contribution < -0.4 is 20.7 Å². The Balaban J connectivity index is 1.81. The highest BCUT2D eigenvalue weighted by Gasteiger charge is 2.09. The first kappa shape index (κ1) is 23.3. The van der Waals surface area contributed by atoms with E-state index >= 15 is 0 Å². The van der Waals surface area contributed by atoms with E-state index in [2.05, 4.69) is 22.9 Å². The van der Waals surface area contributed by atoms with Crippen molar-refractivity contribution in [2.45, 2.75) is 46.0 Å². The van der Waals surface area contributed by atoms with Gasteiger partial charge in [-0.1, -0.05) is 26.7 Å². The summed E-state index contributed by atoms with van der Waals surface area (Å²) >= 11 is 5.22. The molecule has 0 aromatic heterocycles. The van der Waals surface area contributed by atoms with Crippen molar-refractivity contribution in [3.05, 3.63) is 54.1 Å². The van der Waals surface area contributed by atoms with Crippen LogP contribution in [0.25, 0.3) is 0 Å². The van der Waals surface area contributed by atoms with E-state index in [-0.39, 0.29) is 16.9 Å². The molecular weight excluding hydrogens is 398 g/mol. The van der Waals surface area contributed by atoms with Crippen LogP contribution in [0.4, 0.5) is 11.4 Å². The highest BCUT2D eigenvalue weighted by molar-refractivity contribution is 7.80. The fourth-order valence-corrected chi connectivity index (χ4v) is 2.88. The van der Waals surface area contributed by atoms with E-state index in [1.165, 1.54) is 0 Å². The zero-order valence-electron chi connectivity index (χ0n) is 17.5. The molecule has 2 aromatic rings. The highest BCUT2D eigenvalue weighted by Crippen LogP contribution is 2.15. The second-order valence-electron chi connectivity index (χ2n) is 6.86. The molecule has 0 atom stereocenters. The Bertz CT molecular complexity index is 836. The van der Waals surface area contributed by atoms with Gasteiger partial charge in [0.1, 0.15) is 5.75 Å². The lowest BCUT2D eigenvalue weighted by molar-refractivity contribution is -0.116. The maximum atomic E-state index is 12.4. The van der Waals surface area contributed by atoms with Gasteiger partial charge in [-0.25, -0.2) is 0 Å². The fourth-order valence-electron chi connectivity index (χ4n) is 2.67. The molecule has 2 amide bonds. The molecule has 0 unspecified atom stereocenters. The lowest BCUT2D eigenvalue weighted by Crippen LogP contribution is -2.34. The van der Waals surface area contributed by atoms with Gasteiger partial charge in [-0.2, -0.15) is 0 Å². The van der Waals surface area contributed by atoms with E-state index in [0.29, 0.717) is 30.0 Å². The van der Waals surface area contributed by atoms with Gasteiger partial charge in [0, 0.05) is 23.4 Å². The van der Waals surface area contributed by atoms with Crippen LogP contribution in [-0.4, -0.2) is 23.5 Å². The average Bonchev–Trinajstić information content (AvgIpc) is 2.73. The molecule has 0 heterocycles. The van der Waals surface area contributed by atoms with Gasteiger partial charge in [-0.3, -0.25) is 14.9 Å². The molecule has 0 aliphatic heterocycles. The number of unbranched alkanes of at least 4 members (excludes halogenated alkanes) is 2. The van der Waals surface area contributed by atoms with Crippen LogP contribution in [0.5, 0.6) is 5.75 Å². The minimum atomic E-state index is -0.298. The van der Waals surface area contributed by atoms with Crippen LogP contribution in [0.3, 0.4) is 0 Å². The summed E-state index contributed by atoms with van der Waals surface area (Å²) in [5, 5.41) is 8.64. The van der Waals surface area contributed by atoms with Gasteiger partial charge in [0.25, 0.3) is 5.91 Å². The molecule has 0 aliphatic carbocycles. The predicted octanol–water partition coefficient (Wildman–Crippen LogP) is 5.12. The normalized spacial score (nSPS) is 10.2. The first-order chi connectivity index (χ1) is 14.5. The summed E-state index contributed by atoms with van der Waals surface area (Å²) in [7, 11) is 0. The molecule has 0 bridgehead atoms. The molecule has 0 radical (unpaired) electrons. The van der Waals surface area contributed by atoms with E-state index < -0.39 is 0 Å². The molecule has 7 heteroatoms. The summed E-state index contributed by atoms with van der Waals surface area (Å²) in [5.41, 5.74) is 1.92. The quantitative estimate of drug-likeness (QED) is 0.362. The van der Waals surface area contributed by atoms with Gasteiger partial charge in [0.05, 0.1) is 6.61 Å². The lowest BCUT2D eigenvalue weighted by atomic mass is 10.2. The van der Waals surface area contributed by atoms with E-state index in [4.69, 9.17) is 17.0 Å². The third kappa shape index (κ3) is 8.21. The van der Waals surface area contributed by atoms with Crippen molar-refractivity contribution >= 4 is 40.5 Å². The van der Waals surface area contributed by atoms with Crippen LogP contribution in [0.2, 0.25) is 0 Å². The summed E-state index contributed by atoms with van der Waals surface area (Å²) in [6.07, 6.45) is 4.60. The minimum absolute atomic E-state index is 0.0154. The summed E-state index contributed by atoms with van der Waals surface area (Å²) in [6.45, 7) is 4.78. The zero-order valence-corrected chi connectivity index (χ0v) is 18.3. The number of nitrogens with one attached hydrogen (secondary N) is 3. The third-order valence-corrected chi connectivity index (χ3v) is 4.47. The molecule has 160 valence electrons. The van der Waals surface area contributed by atoms with E-state index in [1.807, 2.05) is 6.92 Å². The van der Waals surface area contributed by atoms with Crippen molar-refractivity contribution in [1.82, 2.24) is 5.32 Å². The Morgan fingerprint density at radius 3 is 2.10 bits per heavy atom. The van der Waals surface area contributed by atoms with E-state index in [1.54, 1.807) is 48.5 Å². The maximum Gasteiger partial charge on any atom is 0.257 e. The first-order valence-corrected chi connectivity index (χ1v) is 10.7. The van der Waals surface area contributed by atoms with Crippen LogP contribution in [0, 0.1) is 0 Å². The van der Waals surface area contributed by atoms with Gasteiger partial charge in [0.2, 0.25) is 5.91 Å². The topological polar surface area (TPSA) is 79.5 Å². The van der Waals surface area contributed by atoms with Crippen molar-refractivity contribution in [3.8, 4) is 5.75 Å². The Hall–Kier alpha value is -2.93. The molecule has 3 N–H and O–H groups in total. The molecule has 6 nitrogen and oxygen atoms in total. The molecule has 30 heavy (non-hydrogen) atoms. The van der Waals surface area contributed by atoms with E-state index in [0.717, 1.165) is 31.4 Å². The monoisotopic (exact) mass is 427 g/mol. The molecule has 0 saturated heterocycles. The standard InChI is InChI=1S/C23H29N3O3S/c1-3-5-6-16-29-20-14-8-17(9-15-20)22(28)26-23(30)25-19-12-10-18(11-13-19)24-21(27)7-4-2/h8-15H,3-7,16H2,1-2H3,(H,24,27)(H2,25,26,28,30). The number of rotatable bonds is 10. The first-order valence-electron chi connectivity index (χ1n) is 10.3. The Kier molecular flexibility index (Phi) is 9.80. The number of hydrogen-bond donors (Lipinski definition) is 3. The highest BCUT2D eigenvalue weighted by atomic mass is 32.1. The average molecular weight is 428 g/mol. The van der Waals surface area contributed by atoms with Crippen LogP contribution >= 0.6 is 12.2 Å². The van der Waals surface area contributed by atoms with Crippen molar-refractivity contribution < 1.29 is 14.3 Å². The molecule has 2 aromatic carbocycles. The Labute approximate surface area is 183 Å². The van der Waals surface area contributed by atoms with Crippen molar-refractivity contribution in [1.29, 1.82) is 0 Å². The number of thiocarbonyl (C=S) groups is 1. The molecule has 0 aliphatic rings. The number of hydrogen-bond acceptors (Lipinski definition) is 4. The molecule has 0 fully saturated rings. The zero-order chi connectivity index (χ0) is 21.8. The van der Waals surface area contributed by atoms with Gasteiger partial charge >= 0.3 is 0 Å². The van der Waals surface area contributed by atoms with Crippen LogP contribution in [-0.2, 0) is 4.79 Å². The molecular formula is C23H29N3O3S.